The van der Waals surface area contributed by atoms with Gasteiger partial charge >= 0.3 is 17.9 Å². The molecule has 0 amide bonds. The molecule has 6 heteroatoms. The van der Waals surface area contributed by atoms with Gasteiger partial charge in [-0.15, -0.1) is 0 Å². The molecule has 0 bridgehead atoms. The number of carbonyl (C=O) groups excluding carboxylic acids is 3. The van der Waals surface area contributed by atoms with E-state index in [4.69, 9.17) is 14.2 Å². The van der Waals surface area contributed by atoms with Gasteiger partial charge in [-0.1, -0.05) is 47.0 Å². The third kappa shape index (κ3) is 6.49. The number of unbranched alkanes of at least 4 members (excludes halogenated alkanes) is 2. The van der Waals surface area contributed by atoms with E-state index in [-0.39, 0.29) is 26.2 Å². The second-order valence-electron chi connectivity index (χ2n) is 5.77. The summed E-state index contributed by atoms with van der Waals surface area (Å²) >= 11 is 0. The first-order valence-electron chi connectivity index (χ1n) is 9.02. The molecule has 24 heavy (non-hydrogen) atoms. The van der Waals surface area contributed by atoms with Crippen LogP contribution in [-0.4, -0.2) is 37.7 Å². The molecule has 0 N–H and O–H groups in total. The van der Waals surface area contributed by atoms with Crippen LogP contribution in [0, 0.1) is 5.41 Å². The van der Waals surface area contributed by atoms with Gasteiger partial charge in [0.25, 0.3) is 5.41 Å². The Hall–Kier alpha value is -1.59. The quantitative estimate of drug-likeness (QED) is 0.220. The van der Waals surface area contributed by atoms with Crippen LogP contribution in [-0.2, 0) is 28.6 Å². The fourth-order valence-electron chi connectivity index (χ4n) is 2.15. The van der Waals surface area contributed by atoms with E-state index >= 15 is 0 Å². The van der Waals surface area contributed by atoms with E-state index in [0.717, 1.165) is 12.8 Å². The predicted molar refractivity (Wildman–Crippen MR) is 90.3 cm³/mol. The molecule has 6 nitrogen and oxygen atoms in total. The molecule has 0 rings (SSSR count). The molecule has 0 heterocycles. The van der Waals surface area contributed by atoms with Crippen LogP contribution in [0.5, 0.6) is 0 Å². The van der Waals surface area contributed by atoms with Crippen LogP contribution in [0.25, 0.3) is 0 Å². The van der Waals surface area contributed by atoms with Gasteiger partial charge in [-0.2, -0.15) is 0 Å². The molecular weight excluding hydrogens is 312 g/mol. The monoisotopic (exact) mass is 344 g/mol. The predicted octanol–water partition coefficient (Wildman–Crippen LogP) is 3.41. The summed E-state index contributed by atoms with van der Waals surface area (Å²) < 4.78 is 15.4. The molecule has 0 spiro atoms. The maximum Gasteiger partial charge on any atom is 0.335 e. The maximum absolute atomic E-state index is 12.6. The summed E-state index contributed by atoms with van der Waals surface area (Å²) in [5.74, 6) is -2.58. The van der Waals surface area contributed by atoms with Crippen LogP contribution in [0.2, 0.25) is 0 Å². The Kier molecular flexibility index (Phi) is 11.9. The van der Waals surface area contributed by atoms with Gasteiger partial charge in [0.15, 0.2) is 0 Å². The van der Waals surface area contributed by atoms with Crippen LogP contribution in [0.15, 0.2) is 0 Å². The molecule has 0 unspecified atom stereocenters. The third-order valence-electron chi connectivity index (χ3n) is 3.51. The zero-order valence-electron chi connectivity index (χ0n) is 15.5. The smallest absolute Gasteiger partial charge is 0.335 e. The zero-order valence-corrected chi connectivity index (χ0v) is 15.5. The van der Waals surface area contributed by atoms with E-state index < -0.39 is 23.3 Å². The summed E-state index contributed by atoms with van der Waals surface area (Å²) in [7, 11) is 0. The molecule has 0 aliphatic carbocycles. The van der Waals surface area contributed by atoms with Gasteiger partial charge < -0.3 is 14.2 Å². The Morgan fingerprint density at radius 1 is 0.625 bits per heavy atom. The standard InChI is InChI=1S/C18H32O6/c1-5-9-10-11-18(15(19)22-12-6-2,16(20)23-13-7-3)17(21)24-14-8-4/h5-14H2,1-4H3. The highest BCUT2D eigenvalue weighted by molar-refractivity contribution is 6.17. The van der Waals surface area contributed by atoms with Crippen molar-refractivity contribution in [2.75, 3.05) is 19.8 Å². The SMILES string of the molecule is CCCCCC(C(=O)OCCC)(C(=O)OCCC)C(=O)OCCC. The zero-order chi connectivity index (χ0) is 18.4. The van der Waals surface area contributed by atoms with Gasteiger partial charge in [0.2, 0.25) is 0 Å². The third-order valence-corrected chi connectivity index (χ3v) is 3.51. The molecule has 0 saturated carbocycles. The van der Waals surface area contributed by atoms with Crippen LogP contribution in [0.4, 0.5) is 0 Å². The summed E-state index contributed by atoms with van der Waals surface area (Å²) in [4.78, 5) is 37.8. The highest BCUT2D eigenvalue weighted by Gasteiger charge is 2.56. The van der Waals surface area contributed by atoms with Gasteiger partial charge in [-0.05, 0) is 25.7 Å². The van der Waals surface area contributed by atoms with Crippen molar-refractivity contribution >= 4 is 17.9 Å². The van der Waals surface area contributed by atoms with Crippen molar-refractivity contribution in [2.45, 2.75) is 72.6 Å². The maximum atomic E-state index is 12.6. The Morgan fingerprint density at radius 3 is 1.29 bits per heavy atom. The molecule has 0 atom stereocenters. The second-order valence-corrected chi connectivity index (χ2v) is 5.77. The van der Waals surface area contributed by atoms with Gasteiger partial charge in [0, 0.05) is 0 Å². The number of hydrogen-bond acceptors (Lipinski definition) is 6. The Labute approximate surface area is 145 Å². The van der Waals surface area contributed by atoms with E-state index in [0.29, 0.717) is 25.7 Å². The summed E-state index contributed by atoms with van der Waals surface area (Å²) in [6.45, 7) is 7.98. The number of ether oxygens (including phenoxy) is 3. The lowest BCUT2D eigenvalue weighted by atomic mass is 9.82. The number of hydrogen-bond donors (Lipinski definition) is 0. The summed E-state index contributed by atoms with van der Waals surface area (Å²) in [5.41, 5.74) is -2.01. The normalized spacial score (nSPS) is 11.0. The largest absolute Gasteiger partial charge is 0.464 e. The minimum Gasteiger partial charge on any atom is -0.464 e. The van der Waals surface area contributed by atoms with E-state index in [2.05, 4.69) is 0 Å². The van der Waals surface area contributed by atoms with Crippen molar-refractivity contribution < 1.29 is 28.6 Å². The van der Waals surface area contributed by atoms with Crippen molar-refractivity contribution in [3.8, 4) is 0 Å². The highest BCUT2D eigenvalue weighted by Crippen LogP contribution is 2.31. The van der Waals surface area contributed by atoms with E-state index in [1.54, 1.807) is 0 Å². The first-order valence-corrected chi connectivity index (χ1v) is 9.02. The van der Waals surface area contributed by atoms with Gasteiger partial charge in [-0.25, -0.2) is 0 Å². The van der Waals surface area contributed by atoms with Crippen LogP contribution < -0.4 is 0 Å². The van der Waals surface area contributed by atoms with Gasteiger partial charge in [0.05, 0.1) is 19.8 Å². The number of carbonyl (C=O) groups is 3. The molecule has 0 aromatic rings. The molecule has 0 radical (unpaired) electrons. The molecular formula is C18H32O6. The van der Waals surface area contributed by atoms with Gasteiger partial charge in [-0.3, -0.25) is 14.4 Å². The lowest BCUT2D eigenvalue weighted by Crippen LogP contribution is -2.49. The summed E-state index contributed by atoms with van der Waals surface area (Å²) in [5, 5.41) is 0. The van der Waals surface area contributed by atoms with Crippen molar-refractivity contribution in [3.63, 3.8) is 0 Å². The van der Waals surface area contributed by atoms with Crippen molar-refractivity contribution in [1.82, 2.24) is 0 Å². The number of rotatable bonds is 13. The summed E-state index contributed by atoms with van der Waals surface area (Å²) in [6.07, 6.45) is 4.09. The first kappa shape index (κ1) is 22.4. The molecule has 0 aliphatic heterocycles. The van der Waals surface area contributed by atoms with Crippen molar-refractivity contribution in [3.05, 3.63) is 0 Å². The Morgan fingerprint density at radius 2 is 1.00 bits per heavy atom. The molecule has 0 aromatic carbocycles. The number of esters is 3. The topological polar surface area (TPSA) is 78.9 Å². The summed E-state index contributed by atoms with van der Waals surface area (Å²) in [6, 6.07) is 0. The second kappa shape index (κ2) is 12.8. The highest BCUT2D eigenvalue weighted by atomic mass is 16.6. The fourth-order valence-corrected chi connectivity index (χ4v) is 2.15. The molecule has 140 valence electrons. The van der Waals surface area contributed by atoms with E-state index in [1.807, 2.05) is 27.7 Å². The van der Waals surface area contributed by atoms with E-state index in [1.165, 1.54) is 0 Å². The lowest BCUT2D eigenvalue weighted by Gasteiger charge is -2.27. The van der Waals surface area contributed by atoms with Crippen LogP contribution in [0.1, 0.15) is 72.6 Å². The molecule has 0 aromatic heterocycles. The minimum atomic E-state index is -2.01. The average molecular weight is 344 g/mol. The van der Waals surface area contributed by atoms with Crippen LogP contribution in [0.3, 0.4) is 0 Å². The lowest BCUT2D eigenvalue weighted by molar-refractivity contribution is -0.185. The Bertz CT molecular complexity index is 341. The van der Waals surface area contributed by atoms with Crippen molar-refractivity contribution in [2.24, 2.45) is 5.41 Å². The molecule has 0 aliphatic rings. The fraction of sp³-hybridized carbons (Fsp3) is 0.833. The minimum absolute atomic E-state index is 0.0501. The molecule has 0 fully saturated rings. The van der Waals surface area contributed by atoms with Crippen LogP contribution >= 0.6 is 0 Å². The Balaban J connectivity index is 5.55. The molecule has 0 saturated heterocycles. The first-order chi connectivity index (χ1) is 11.5. The van der Waals surface area contributed by atoms with Crippen molar-refractivity contribution in [1.29, 1.82) is 0 Å². The van der Waals surface area contributed by atoms with E-state index in [9.17, 15) is 14.4 Å². The van der Waals surface area contributed by atoms with Gasteiger partial charge in [0.1, 0.15) is 0 Å². The average Bonchev–Trinajstić information content (AvgIpc) is 2.59.